The lowest BCUT2D eigenvalue weighted by Gasteiger charge is -2.46. The lowest BCUT2D eigenvalue weighted by molar-refractivity contribution is -0.132. The minimum Gasteiger partial charge on any atom is -0.338 e. The SMILES string of the molecule is CCc1ccc2c(c1)C(C)(C)[C@@]1(C)N(Cc3ccc(Cl)cc3)C(=O)CN21. The number of carbonyl (C=O) groups excluding carboxylic acids is 1. The first-order chi connectivity index (χ1) is 12.3. The Morgan fingerprint density at radius 1 is 1.04 bits per heavy atom. The average molecular weight is 369 g/mol. The number of hydrogen-bond donors (Lipinski definition) is 0. The highest BCUT2D eigenvalue weighted by molar-refractivity contribution is 6.30. The van der Waals surface area contributed by atoms with Gasteiger partial charge in [-0.2, -0.15) is 0 Å². The van der Waals surface area contributed by atoms with Crippen LogP contribution in [0.4, 0.5) is 5.69 Å². The zero-order chi connectivity index (χ0) is 18.7. The van der Waals surface area contributed by atoms with Crippen molar-refractivity contribution in [3.63, 3.8) is 0 Å². The minimum atomic E-state index is -0.377. The Labute approximate surface area is 160 Å². The van der Waals surface area contributed by atoms with Crippen molar-refractivity contribution in [2.45, 2.75) is 51.7 Å². The third-order valence-electron chi connectivity index (χ3n) is 6.52. The number of aryl methyl sites for hydroxylation is 1. The van der Waals surface area contributed by atoms with E-state index in [-0.39, 0.29) is 17.0 Å². The molecule has 4 rings (SSSR count). The number of carbonyl (C=O) groups is 1. The fourth-order valence-corrected chi connectivity index (χ4v) is 4.69. The van der Waals surface area contributed by atoms with Crippen molar-refractivity contribution in [2.75, 3.05) is 11.4 Å². The van der Waals surface area contributed by atoms with Gasteiger partial charge in [0.2, 0.25) is 5.91 Å². The van der Waals surface area contributed by atoms with E-state index in [2.05, 4.69) is 50.8 Å². The van der Waals surface area contributed by atoms with E-state index in [1.165, 1.54) is 16.8 Å². The molecule has 2 aromatic carbocycles. The van der Waals surface area contributed by atoms with Gasteiger partial charge in [0.25, 0.3) is 0 Å². The molecule has 4 heteroatoms. The summed E-state index contributed by atoms with van der Waals surface area (Å²) in [6.45, 7) is 9.95. The topological polar surface area (TPSA) is 23.6 Å². The van der Waals surface area contributed by atoms with Crippen molar-refractivity contribution in [1.29, 1.82) is 0 Å². The van der Waals surface area contributed by atoms with Gasteiger partial charge in [0.15, 0.2) is 0 Å². The van der Waals surface area contributed by atoms with E-state index < -0.39 is 0 Å². The van der Waals surface area contributed by atoms with Gasteiger partial charge in [0.1, 0.15) is 5.66 Å². The van der Waals surface area contributed by atoms with Crippen LogP contribution in [-0.4, -0.2) is 23.0 Å². The van der Waals surface area contributed by atoms with Crippen molar-refractivity contribution in [2.24, 2.45) is 0 Å². The number of anilines is 1. The smallest absolute Gasteiger partial charge is 0.244 e. The lowest BCUT2D eigenvalue weighted by atomic mass is 9.75. The molecule has 1 fully saturated rings. The number of halogens is 1. The molecule has 0 saturated carbocycles. The summed E-state index contributed by atoms with van der Waals surface area (Å²) in [4.78, 5) is 17.3. The van der Waals surface area contributed by atoms with Crippen LogP contribution in [0.15, 0.2) is 42.5 Å². The monoisotopic (exact) mass is 368 g/mol. The Hall–Kier alpha value is -2.00. The first-order valence-electron chi connectivity index (χ1n) is 9.25. The predicted molar refractivity (Wildman–Crippen MR) is 107 cm³/mol. The number of fused-ring (bicyclic) bond motifs is 3. The molecule has 1 amide bonds. The van der Waals surface area contributed by atoms with Gasteiger partial charge >= 0.3 is 0 Å². The lowest BCUT2D eigenvalue weighted by Crippen LogP contribution is -2.59. The highest BCUT2D eigenvalue weighted by Crippen LogP contribution is 2.55. The van der Waals surface area contributed by atoms with Crippen molar-refractivity contribution in [3.8, 4) is 0 Å². The van der Waals surface area contributed by atoms with Crippen LogP contribution in [0, 0.1) is 0 Å². The van der Waals surface area contributed by atoms with E-state index in [4.69, 9.17) is 11.6 Å². The summed E-state index contributed by atoms with van der Waals surface area (Å²) in [6.07, 6.45) is 1.02. The molecule has 1 saturated heterocycles. The second-order valence-electron chi connectivity index (χ2n) is 8.04. The summed E-state index contributed by atoms with van der Waals surface area (Å²) in [5.74, 6) is 0.181. The summed E-state index contributed by atoms with van der Waals surface area (Å²) in [5.41, 5.74) is 4.45. The number of nitrogens with zero attached hydrogens (tertiary/aromatic N) is 2. The molecular formula is C22H25ClN2O. The normalized spacial score (nSPS) is 23.3. The fourth-order valence-electron chi connectivity index (χ4n) is 4.57. The van der Waals surface area contributed by atoms with Crippen LogP contribution in [0.5, 0.6) is 0 Å². The first-order valence-corrected chi connectivity index (χ1v) is 9.63. The molecule has 2 heterocycles. The summed E-state index contributed by atoms with van der Waals surface area (Å²) in [7, 11) is 0. The molecule has 0 radical (unpaired) electrons. The average Bonchev–Trinajstić information content (AvgIpc) is 2.97. The molecule has 0 spiro atoms. The van der Waals surface area contributed by atoms with E-state index in [9.17, 15) is 4.79 Å². The standard InChI is InChI=1S/C22H25ClN2O/c1-5-15-8-11-19-18(12-15)21(2,3)22(4)24(19)14-20(26)25(22)13-16-6-9-17(23)10-7-16/h6-12H,5,13-14H2,1-4H3/t22-/m1/s1. The van der Waals surface area contributed by atoms with Crippen LogP contribution in [0.25, 0.3) is 0 Å². The Morgan fingerprint density at radius 3 is 2.35 bits per heavy atom. The zero-order valence-corrected chi connectivity index (χ0v) is 16.6. The molecule has 2 aliphatic rings. The van der Waals surface area contributed by atoms with Crippen molar-refractivity contribution in [1.82, 2.24) is 4.90 Å². The summed E-state index contributed by atoms with van der Waals surface area (Å²) >= 11 is 6.02. The van der Waals surface area contributed by atoms with Gasteiger partial charge < -0.3 is 9.80 Å². The maximum Gasteiger partial charge on any atom is 0.244 e. The number of rotatable bonds is 3. The van der Waals surface area contributed by atoms with E-state index in [1.54, 1.807) is 0 Å². The van der Waals surface area contributed by atoms with Crippen molar-refractivity contribution >= 4 is 23.2 Å². The molecule has 136 valence electrons. The van der Waals surface area contributed by atoms with Gasteiger partial charge in [0.05, 0.1) is 6.54 Å². The molecule has 0 aliphatic carbocycles. The van der Waals surface area contributed by atoms with Crippen LogP contribution < -0.4 is 4.90 Å². The Morgan fingerprint density at radius 2 is 1.69 bits per heavy atom. The van der Waals surface area contributed by atoms with E-state index in [0.29, 0.717) is 13.1 Å². The summed E-state index contributed by atoms with van der Waals surface area (Å²) < 4.78 is 0. The van der Waals surface area contributed by atoms with Gasteiger partial charge in [-0.15, -0.1) is 0 Å². The molecular weight excluding hydrogens is 344 g/mol. The van der Waals surface area contributed by atoms with Crippen molar-refractivity contribution < 1.29 is 4.79 Å². The van der Waals surface area contributed by atoms with Crippen LogP contribution >= 0.6 is 11.6 Å². The Kier molecular flexibility index (Phi) is 3.85. The molecule has 0 unspecified atom stereocenters. The Bertz CT molecular complexity index is 874. The minimum absolute atomic E-state index is 0.161. The Balaban J connectivity index is 1.78. The first kappa shape index (κ1) is 17.4. The molecule has 0 aromatic heterocycles. The predicted octanol–water partition coefficient (Wildman–Crippen LogP) is 4.76. The molecule has 2 aromatic rings. The molecule has 0 N–H and O–H groups in total. The quantitative estimate of drug-likeness (QED) is 0.779. The zero-order valence-electron chi connectivity index (χ0n) is 15.8. The maximum absolute atomic E-state index is 12.9. The third-order valence-corrected chi connectivity index (χ3v) is 6.77. The van der Waals surface area contributed by atoms with E-state index in [0.717, 1.165) is 17.0 Å². The molecule has 2 aliphatic heterocycles. The highest BCUT2D eigenvalue weighted by Gasteiger charge is 2.62. The van der Waals surface area contributed by atoms with Gasteiger partial charge in [-0.05, 0) is 48.2 Å². The van der Waals surface area contributed by atoms with Crippen molar-refractivity contribution in [3.05, 3.63) is 64.2 Å². The largest absolute Gasteiger partial charge is 0.338 e. The maximum atomic E-state index is 12.9. The second kappa shape index (κ2) is 5.75. The van der Waals surface area contributed by atoms with Crippen LogP contribution in [0.1, 0.15) is 44.4 Å². The fraction of sp³-hybridized carbons (Fsp3) is 0.409. The van der Waals surface area contributed by atoms with E-state index in [1.807, 2.05) is 29.2 Å². The molecule has 26 heavy (non-hydrogen) atoms. The van der Waals surface area contributed by atoms with Crippen LogP contribution in [0.3, 0.4) is 0 Å². The number of hydrogen-bond acceptors (Lipinski definition) is 2. The molecule has 1 atom stereocenters. The van der Waals surface area contributed by atoms with Gasteiger partial charge in [0, 0.05) is 22.7 Å². The van der Waals surface area contributed by atoms with Gasteiger partial charge in [-0.1, -0.05) is 56.6 Å². The number of benzene rings is 2. The van der Waals surface area contributed by atoms with Crippen LogP contribution in [-0.2, 0) is 23.2 Å². The summed E-state index contributed by atoms with van der Waals surface area (Å²) in [6, 6.07) is 14.5. The molecule has 3 nitrogen and oxygen atoms in total. The molecule has 0 bridgehead atoms. The van der Waals surface area contributed by atoms with Crippen LogP contribution in [0.2, 0.25) is 5.02 Å². The summed E-state index contributed by atoms with van der Waals surface area (Å²) in [5, 5.41) is 0.718. The number of amides is 1. The second-order valence-corrected chi connectivity index (χ2v) is 8.48. The van der Waals surface area contributed by atoms with E-state index >= 15 is 0 Å². The van der Waals surface area contributed by atoms with Gasteiger partial charge in [-0.3, -0.25) is 4.79 Å². The van der Waals surface area contributed by atoms with Gasteiger partial charge in [-0.25, -0.2) is 0 Å². The third kappa shape index (κ3) is 2.23. The highest BCUT2D eigenvalue weighted by atomic mass is 35.5.